The maximum Gasteiger partial charge on any atom is 0.335 e. The van der Waals surface area contributed by atoms with E-state index in [1.807, 2.05) is 0 Å². The van der Waals surface area contributed by atoms with E-state index in [-0.39, 0.29) is 16.8 Å². The molecule has 0 bridgehead atoms. The number of aromatic carboxylic acids is 1. The second kappa shape index (κ2) is 4.53. The lowest BCUT2D eigenvalue weighted by molar-refractivity contribution is 0.0697. The number of pyridine rings is 1. The molecule has 0 spiro atoms. The summed E-state index contributed by atoms with van der Waals surface area (Å²) < 4.78 is 0. The molecule has 2 N–H and O–H groups in total. The molecular formula is C11H11ClN2O2. The predicted molar refractivity (Wildman–Crippen MR) is 62.0 cm³/mol. The zero-order valence-corrected chi connectivity index (χ0v) is 9.24. The van der Waals surface area contributed by atoms with Crippen molar-refractivity contribution in [2.45, 2.75) is 18.9 Å². The molecule has 0 aliphatic heterocycles. The molecule has 0 amide bonds. The van der Waals surface area contributed by atoms with Crippen molar-refractivity contribution in [1.82, 2.24) is 4.98 Å². The first kappa shape index (κ1) is 11.0. The monoisotopic (exact) mass is 238 g/mol. The van der Waals surface area contributed by atoms with Crippen molar-refractivity contribution in [2.75, 3.05) is 5.32 Å². The molecule has 16 heavy (non-hydrogen) atoms. The van der Waals surface area contributed by atoms with Gasteiger partial charge in [-0.3, -0.25) is 0 Å². The number of hydrogen-bond acceptors (Lipinski definition) is 3. The highest BCUT2D eigenvalue weighted by Crippen LogP contribution is 2.19. The summed E-state index contributed by atoms with van der Waals surface area (Å²) in [6.45, 7) is 0. The number of carboxylic acids is 1. The van der Waals surface area contributed by atoms with E-state index >= 15 is 0 Å². The van der Waals surface area contributed by atoms with Gasteiger partial charge in [0.2, 0.25) is 0 Å². The molecule has 2 rings (SSSR count). The number of rotatable bonds is 3. The van der Waals surface area contributed by atoms with Crippen molar-refractivity contribution in [3.8, 4) is 0 Å². The summed E-state index contributed by atoms with van der Waals surface area (Å²) in [6.07, 6.45) is 6.02. The van der Waals surface area contributed by atoms with Gasteiger partial charge in [0.05, 0.1) is 5.56 Å². The minimum atomic E-state index is -1.00. The van der Waals surface area contributed by atoms with Crippen LogP contribution in [0.4, 0.5) is 5.82 Å². The van der Waals surface area contributed by atoms with Gasteiger partial charge in [0.25, 0.3) is 0 Å². The SMILES string of the molecule is O=C(O)c1cc(Cl)nc(NC2CC=CC2)c1. The second-order valence-electron chi connectivity index (χ2n) is 3.65. The zero-order chi connectivity index (χ0) is 11.5. The van der Waals surface area contributed by atoms with Crippen LogP contribution in [0, 0.1) is 0 Å². The Bertz CT molecular complexity index is 438. The van der Waals surface area contributed by atoms with Crippen LogP contribution in [0.2, 0.25) is 5.15 Å². The molecule has 1 aliphatic carbocycles. The molecule has 4 nitrogen and oxygen atoms in total. The Morgan fingerprint density at radius 3 is 2.75 bits per heavy atom. The van der Waals surface area contributed by atoms with Crippen LogP contribution in [0.3, 0.4) is 0 Å². The van der Waals surface area contributed by atoms with E-state index < -0.39 is 5.97 Å². The van der Waals surface area contributed by atoms with Gasteiger partial charge in [-0.05, 0) is 25.0 Å². The molecule has 0 atom stereocenters. The minimum absolute atomic E-state index is 0.147. The first-order valence-electron chi connectivity index (χ1n) is 4.97. The van der Waals surface area contributed by atoms with Gasteiger partial charge in [0, 0.05) is 6.04 Å². The molecule has 1 heterocycles. The first-order valence-corrected chi connectivity index (χ1v) is 5.35. The number of nitrogens with zero attached hydrogens (tertiary/aromatic N) is 1. The van der Waals surface area contributed by atoms with Crippen molar-refractivity contribution in [3.05, 3.63) is 35.0 Å². The number of carbonyl (C=O) groups is 1. The predicted octanol–water partition coefficient (Wildman–Crippen LogP) is 2.56. The molecule has 0 saturated heterocycles. The fourth-order valence-electron chi connectivity index (χ4n) is 1.64. The van der Waals surface area contributed by atoms with E-state index in [4.69, 9.17) is 16.7 Å². The van der Waals surface area contributed by atoms with Crippen LogP contribution in [0.15, 0.2) is 24.3 Å². The molecule has 0 unspecified atom stereocenters. The molecule has 84 valence electrons. The fourth-order valence-corrected chi connectivity index (χ4v) is 1.85. The van der Waals surface area contributed by atoms with Gasteiger partial charge < -0.3 is 10.4 Å². The summed E-state index contributed by atoms with van der Waals surface area (Å²) >= 11 is 5.75. The Hall–Kier alpha value is -1.55. The van der Waals surface area contributed by atoms with Crippen LogP contribution >= 0.6 is 11.6 Å². The molecule has 0 aromatic carbocycles. The lowest BCUT2D eigenvalue weighted by Gasteiger charge is -2.13. The number of hydrogen-bond donors (Lipinski definition) is 2. The average Bonchev–Trinajstić information content (AvgIpc) is 2.69. The molecule has 1 aromatic rings. The highest BCUT2D eigenvalue weighted by molar-refractivity contribution is 6.29. The van der Waals surface area contributed by atoms with Crippen molar-refractivity contribution in [1.29, 1.82) is 0 Å². The van der Waals surface area contributed by atoms with Crippen LogP contribution in [0.25, 0.3) is 0 Å². The van der Waals surface area contributed by atoms with E-state index in [0.29, 0.717) is 5.82 Å². The van der Waals surface area contributed by atoms with Crippen molar-refractivity contribution in [3.63, 3.8) is 0 Å². The second-order valence-corrected chi connectivity index (χ2v) is 4.04. The number of anilines is 1. The van der Waals surface area contributed by atoms with E-state index in [9.17, 15) is 4.79 Å². The third-order valence-corrected chi connectivity index (χ3v) is 2.59. The summed E-state index contributed by atoms with van der Waals surface area (Å²) in [5.41, 5.74) is 0.147. The first-order chi connectivity index (χ1) is 7.65. The van der Waals surface area contributed by atoms with Crippen LogP contribution < -0.4 is 5.32 Å². The summed E-state index contributed by atoms with van der Waals surface area (Å²) in [7, 11) is 0. The third-order valence-electron chi connectivity index (χ3n) is 2.40. The molecule has 1 aliphatic rings. The Morgan fingerprint density at radius 1 is 1.44 bits per heavy atom. The zero-order valence-electron chi connectivity index (χ0n) is 8.48. The topological polar surface area (TPSA) is 62.2 Å². The van der Waals surface area contributed by atoms with Gasteiger partial charge in [-0.25, -0.2) is 9.78 Å². The maximum absolute atomic E-state index is 10.8. The quantitative estimate of drug-likeness (QED) is 0.628. The third kappa shape index (κ3) is 2.52. The van der Waals surface area contributed by atoms with Gasteiger partial charge in [0.15, 0.2) is 0 Å². The summed E-state index contributed by atoms with van der Waals surface area (Å²) in [5, 5.41) is 12.2. The average molecular weight is 239 g/mol. The summed E-state index contributed by atoms with van der Waals surface area (Å²) in [5.74, 6) is -0.490. The maximum atomic E-state index is 10.8. The van der Waals surface area contributed by atoms with Gasteiger partial charge >= 0.3 is 5.97 Å². The Labute approximate surface area is 98.0 Å². The highest BCUT2D eigenvalue weighted by atomic mass is 35.5. The van der Waals surface area contributed by atoms with Crippen LogP contribution in [-0.2, 0) is 0 Å². The normalized spacial score (nSPS) is 15.3. The van der Waals surface area contributed by atoms with Crippen LogP contribution in [-0.4, -0.2) is 22.1 Å². The fraction of sp³-hybridized carbons (Fsp3) is 0.273. The Kier molecular flexibility index (Phi) is 3.10. The number of nitrogens with one attached hydrogen (secondary N) is 1. The van der Waals surface area contributed by atoms with Crippen LogP contribution in [0.5, 0.6) is 0 Å². The van der Waals surface area contributed by atoms with Crippen molar-refractivity contribution in [2.24, 2.45) is 0 Å². The number of carboxylic acid groups (broad SMARTS) is 1. The van der Waals surface area contributed by atoms with Gasteiger partial charge in [-0.2, -0.15) is 0 Å². The number of halogens is 1. The summed E-state index contributed by atoms with van der Waals surface area (Å²) in [4.78, 5) is 14.9. The lowest BCUT2D eigenvalue weighted by atomic mass is 10.2. The Balaban J connectivity index is 2.16. The largest absolute Gasteiger partial charge is 0.478 e. The van der Waals surface area contributed by atoms with Crippen LogP contribution in [0.1, 0.15) is 23.2 Å². The van der Waals surface area contributed by atoms with Crippen molar-refractivity contribution >= 4 is 23.4 Å². The molecular weight excluding hydrogens is 228 g/mol. The molecule has 5 heteroatoms. The lowest BCUT2D eigenvalue weighted by Crippen LogP contribution is -2.16. The molecule has 0 fully saturated rings. The smallest absolute Gasteiger partial charge is 0.335 e. The van der Waals surface area contributed by atoms with Gasteiger partial charge in [-0.1, -0.05) is 23.8 Å². The van der Waals surface area contributed by atoms with E-state index in [1.54, 1.807) is 0 Å². The van der Waals surface area contributed by atoms with E-state index in [2.05, 4.69) is 22.5 Å². The highest BCUT2D eigenvalue weighted by Gasteiger charge is 2.12. The molecule has 1 aromatic heterocycles. The standard InChI is InChI=1S/C11H11ClN2O2/c12-9-5-7(11(15)16)6-10(14-9)13-8-3-1-2-4-8/h1-2,5-6,8H,3-4H2,(H,13,14)(H,15,16). The van der Waals surface area contributed by atoms with E-state index in [0.717, 1.165) is 12.8 Å². The minimum Gasteiger partial charge on any atom is -0.478 e. The van der Waals surface area contributed by atoms with E-state index in [1.165, 1.54) is 12.1 Å². The summed E-state index contributed by atoms with van der Waals surface area (Å²) in [6, 6.07) is 3.11. The number of aromatic nitrogens is 1. The Morgan fingerprint density at radius 2 is 2.12 bits per heavy atom. The molecule has 0 saturated carbocycles. The van der Waals surface area contributed by atoms with Gasteiger partial charge in [-0.15, -0.1) is 0 Å². The van der Waals surface area contributed by atoms with Gasteiger partial charge in [0.1, 0.15) is 11.0 Å². The van der Waals surface area contributed by atoms with Crippen molar-refractivity contribution < 1.29 is 9.90 Å². The molecule has 0 radical (unpaired) electrons.